The van der Waals surface area contributed by atoms with Gasteiger partial charge in [0.25, 0.3) is 0 Å². The van der Waals surface area contributed by atoms with E-state index >= 15 is 0 Å². The highest BCUT2D eigenvalue weighted by Crippen LogP contribution is 2.18. The number of ether oxygens (including phenoxy) is 1. The number of hydrogen-bond acceptors (Lipinski definition) is 3. The average Bonchev–Trinajstić information content (AvgIpc) is 2.30. The Balaban J connectivity index is 1.94. The second-order valence-electron chi connectivity index (χ2n) is 4.30. The van der Waals surface area contributed by atoms with Crippen molar-refractivity contribution in [2.45, 2.75) is 12.8 Å². The predicted molar refractivity (Wildman–Crippen MR) is 61.0 cm³/mol. The van der Waals surface area contributed by atoms with Crippen LogP contribution in [0.1, 0.15) is 12.8 Å². The molecule has 1 fully saturated rings. The highest BCUT2D eigenvalue weighted by Gasteiger charge is 2.16. The predicted octanol–water partition coefficient (Wildman–Crippen LogP) is 2.08. The second-order valence-corrected chi connectivity index (χ2v) is 4.30. The summed E-state index contributed by atoms with van der Waals surface area (Å²) in [7, 11) is 1.98. The molecule has 0 N–H and O–H groups in total. The van der Waals surface area contributed by atoms with E-state index in [0.717, 1.165) is 31.9 Å². The van der Waals surface area contributed by atoms with Gasteiger partial charge in [-0.3, -0.25) is 0 Å². The molecule has 2 rings (SSSR count). The summed E-state index contributed by atoms with van der Waals surface area (Å²) in [4.78, 5) is 5.61. The molecule has 0 aromatic carbocycles. The summed E-state index contributed by atoms with van der Waals surface area (Å²) in [6.07, 6.45) is 3.82. The lowest BCUT2D eigenvalue weighted by molar-refractivity contribution is 0.0576. The summed E-state index contributed by atoms with van der Waals surface area (Å²) in [5.41, 5.74) is 0.873. The van der Waals surface area contributed by atoms with Gasteiger partial charge in [0.05, 0.1) is 6.61 Å². The quantitative estimate of drug-likeness (QED) is 0.735. The topological polar surface area (TPSA) is 25.4 Å². The van der Waals surface area contributed by atoms with Gasteiger partial charge in [0, 0.05) is 38.1 Å². The van der Waals surface area contributed by atoms with Crippen LogP contribution in [-0.2, 0) is 4.74 Å². The highest BCUT2D eigenvalue weighted by atomic mass is 19.1. The summed E-state index contributed by atoms with van der Waals surface area (Å²) in [6.45, 7) is 2.60. The van der Waals surface area contributed by atoms with Crippen LogP contribution in [0.15, 0.2) is 18.3 Å². The molecule has 1 saturated heterocycles. The molecular weight excluding hydrogens is 207 g/mol. The molecule has 16 heavy (non-hydrogen) atoms. The van der Waals surface area contributed by atoms with Crippen molar-refractivity contribution in [3.05, 3.63) is 24.3 Å². The number of rotatable bonds is 3. The molecule has 1 atom stereocenters. The molecule has 0 bridgehead atoms. The molecule has 1 aromatic heterocycles. The summed E-state index contributed by atoms with van der Waals surface area (Å²) >= 11 is 0. The van der Waals surface area contributed by atoms with Gasteiger partial charge in [-0.25, -0.2) is 4.98 Å². The SMILES string of the molecule is CN(CC1CCCOC1)c1ccnc(F)c1. The molecule has 0 aliphatic carbocycles. The Labute approximate surface area is 95.2 Å². The maximum Gasteiger partial charge on any atom is 0.214 e. The van der Waals surface area contributed by atoms with E-state index in [4.69, 9.17) is 4.74 Å². The van der Waals surface area contributed by atoms with Crippen molar-refractivity contribution < 1.29 is 9.13 Å². The zero-order valence-electron chi connectivity index (χ0n) is 9.53. The van der Waals surface area contributed by atoms with Gasteiger partial charge in [-0.05, 0) is 24.8 Å². The monoisotopic (exact) mass is 224 g/mol. The van der Waals surface area contributed by atoms with E-state index in [1.165, 1.54) is 18.7 Å². The van der Waals surface area contributed by atoms with Crippen LogP contribution in [0.5, 0.6) is 0 Å². The summed E-state index contributed by atoms with van der Waals surface area (Å²) in [6, 6.07) is 3.29. The molecule has 0 radical (unpaired) electrons. The fourth-order valence-corrected chi connectivity index (χ4v) is 2.07. The first-order chi connectivity index (χ1) is 7.75. The molecular formula is C12H17FN2O. The smallest absolute Gasteiger partial charge is 0.214 e. The summed E-state index contributed by atoms with van der Waals surface area (Å²) in [5.74, 6) is 0.124. The van der Waals surface area contributed by atoms with Crippen molar-refractivity contribution in [3.8, 4) is 0 Å². The molecule has 88 valence electrons. The lowest BCUT2D eigenvalue weighted by Crippen LogP contribution is -2.30. The minimum atomic E-state index is -0.427. The lowest BCUT2D eigenvalue weighted by atomic mass is 10.0. The Hall–Kier alpha value is -1.16. The fraction of sp³-hybridized carbons (Fsp3) is 0.583. The maximum absolute atomic E-state index is 12.9. The Kier molecular flexibility index (Phi) is 3.72. The van der Waals surface area contributed by atoms with Gasteiger partial charge in [-0.1, -0.05) is 0 Å². The van der Waals surface area contributed by atoms with Crippen LogP contribution < -0.4 is 4.90 Å². The van der Waals surface area contributed by atoms with Crippen molar-refractivity contribution in [3.63, 3.8) is 0 Å². The third-order valence-electron chi connectivity index (χ3n) is 2.94. The number of aromatic nitrogens is 1. The summed E-state index contributed by atoms with van der Waals surface area (Å²) < 4.78 is 18.4. The van der Waals surface area contributed by atoms with Gasteiger partial charge in [0.1, 0.15) is 0 Å². The number of halogens is 1. The van der Waals surface area contributed by atoms with Crippen LogP contribution in [-0.4, -0.2) is 31.8 Å². The molecule has 4 heteroatoms. The van der Waals surface area contributed by atoms with E-state index in [0.29, 0.717) is 5.92 Å². The van der Waals surface area contributed by atoms with E-state index in [1.807, 2.05) is 13.1 Å². The molecule has 0 amide bonds. The van der Waals surface area contributed by atoms with Crippen LogP contribution in [0.2, 0.25) is 0 Å². The van der Waals surface area contributed by atoms with Crippen molar-refractivity contribution in [2.75, 3.05) is 31.7 Å². The molecule has 0 spiro atoms. The molecule has 1 aliphatic rings. The van der Waals surface area contributed by atoms with Gasteiger partial charge in [0.15, 0.2) is 0 Å². The van der Waals surface area contributed by atoms with Crippen LogP contribution in [0, 0.1) is 11.9 Å². The first-order valence-electron chi connectivity index (χ1n) is 5.66. The first-order valence-corrected chi connectivity index (χ1v) is 5.66. The van der Waals surface area contributed by atoms with Gasteiger partial charge in [-0.15, -0.1) is 0 Å². The van der Waals surface area contributed by atoms with Crippen molar-refractivity contribution in [2.24, 2.45) is 5.92 Å². The summed E-state index contributed by atoms with van der Waals surface area (Å²) in [5, 5.41) is 0. The number of nitrogens with zero attached hydrogens (tertiary/aromatic N) is 2. The first kappa shape index (κ1) is 11.3. The Morgan fingerprint density at radius 1 is 1.62 bits per heavy atom. The molecule has 3 nitrogen and oxygen atoms in total. The Bertz CT molecular complexity index is 340. The molecule has 1 unspecified atom stereocenters. The van der Waals surface area contributed by atoms with Gasteiger partial charge in [-0.2, -0.15) is 4.39 Å². The second kappa shape index (κ2) is 5.25. The number of pyridine rings is 1. The van der Waals surface area contributed by atoms with E-state index in [2.05, 4.69) is 9.88 Å². The Morgan fingerprint density at radius 3 is 3.19 bits per heavy atom. The fourth-order valence-electron chi connectivity index (χ4n) is 2.07. The number of hydrogen-bond donors (Lipinski definition) is 0. The third-order valence-corrected chi connectivity index (χ3v) is 2.94. The Morgan fingerprint density at radius 2 is 2.50 bits per heavy atom. The minimum Gasteiger partial charge on any atom is -0.381 e. The standard InChI is InChI=1S/C12H17FN2O/c1-15(8-10-3-2-6-16-9-10)11-4-5-14-12(13)7-11/h4-5,7,10H,2-3,6,8-9H2,1H3. The van der Waals surface area contributed by atoms with E-state index in [1.54, 1.807) is 0 Å². The number of anilines is 1. The molecule has 2 heterocycles. The minimum absolute atomic E-state index is 0.427. The molecule has 1 aliphatic heterocycles. The zero-order valence-corrected chi connectivity index (χ0v) is 9.53. The lowest BCUT2D eigenvalue weighted by Gasteiger charge is -2.28. The van der Waals surface area contributed by atoms with Gasteiger partial charge < -0.3 is 9.64 Å². The average molecular weight is 224 g/mol. The van der Waals surface area contributed by atoms with Crippen molar-refractivity contribution >= 4 is 5.69 Å². The van der Waals surface area contributed by atoms with Crippen molar-refractivity contribution in [1.29, 1.82) is 0 Å². The molecule has 1 aromatic rings. The van der Waals surface area contributed by atoms with Gasteiger partial charge in [0.2, 0.25) is 5.95 Å². The highest BCUT2D eigenvalue weighted by molar-refractivity contribution is 5.43. The third kappa shape index (κ3) is 2.92. The van der Waals surface area contributed by atoms with E-state index in [9.17, 15) is 4.39 Å². The van der Waals surface area contributed by atoms with E-state index in [-0.39, 0.29) is 0 Å². The van der Waals surface area contributed by atoms with Crippen LogP contribution in [0.4, 0.5) is 10.1 Å². The molecule has 0 saturated carbocycles. The van der Waals surface area contributed by atoms with E-state index < -0.39 is 5.95 Å². The van der Waals surface area contributed by atoms with Crippen LogP contribution in [0.3, 0.4) is 0 Å². The van der Waals surface area contributed by atoms with Crippen LogP contribution >= 0.6 is 0 Å². The van der Waals surface area contributed by atoms with Crippen LogP contribution in [0.25, 0.3) is 0 Å². The zero-order chi connectivity index (χ0) is 11.4. The largest absolute Gasteiger partial charge is 0.381 e. The van der Waals surface area contributed by atoms with Crippen molar-refractivity contribution in [1.82, 2.24) is 4.98 Å². The maximum atomic E-state index is 12.9. The van der Waals surface area contributed by atoms with Gasteiger partial charge >= 0.3 is 0 Å². The normalized spacial score (nSPS) is 20.8.